The van der Waals surface area contributed by atoms with Gasteiger partial charge in [0.25, 0.3) is 5.91 Å². The van der Waals surface area contributed by atoms with Crippen LogP contribution in [-0.2, 0) is 16.1 Å². The van der Waals surface area contributed by atoms with Gasteiger partial charge in [-0.2, -0.15) is 0 Å². The molecule has 0 atom stereocenters. The van der Waals surface area contributed by atoms with Crippen molar-refractivity contribution in [1.29, 1.82) is 0 Å². The Morgan fingerprint density at radius 1 is 0.882 bits per heavy atom. The highest BCUT2D eigenvalue weighted by atomic mass is 16.5. The molecule has 0 spiro atoms. The van der Waals surface area contributed by atoms with Crippen molar-refractivity contribution in [3.05, 3.63) is 95.6 Å². The summed E-state index contributed by atoms with van der Waals surface area (Å²) >= 11 is 0. The number of alkyl carbamates (subject to hydrolysis) is 1. The van der Waals surface area contributed by atoms with Crippen LogP contribution in [0, 0.1) is 6.92 Å². The van der Waals surface area contributed by atoms with Gasteiger partial charge in [0.1, 0.15) is 12.4 Å². The Hall–Kier alpha value is -4.13. The Balaban J connectivity index is 1.37. The van der Waals surface area contributed by atoms with Gasteiger partial charge in [0.2, 0.25) is 0 Å². The van der Waals surface area contributed by atoms with Crippen LogP contribution in [0.3, 0.4) is 0 Å². The molecule has 34 heavy (non-hydrogen) atoms. The van der Waals surface area contributed by atoms with Crippen LogP contribution < -0.4 is 15.0 Å². The topological polar surface area (TPSA) is 84.9 Å². The molecule has 0 aliphatic heterocycles. The van der Waals surface area contributed by atoms with E-state index in [0.717, 1.165) is 11.1 Å². The minimum Gasteiger partial charge on any atom is -0.445 e. The van der Waals surface area contributed by atoms with Crippen molar-refractivity contribution in [3.8, 4) is 5.75 Å². The van der Waals surface area contributed by atoms with E-state index in [1.807, 2.05) is 49.4 Å². The van der Waals surface area contributed by atoms with Gasteiger partial charge < -0.3 is 19.7 Å². The number of carbonyl (C=O) groups is 3. The summed E-state index contributed by atoms with van der Waals surface area (Å²) in [6.07, 6.45) is 0.0367. The van der Waals surface area contributed by atoms with E-state index in [1.54, 1.807) is 48.3 Å². The zero-order valence-corrected chi connectivity index (χ0v) is 19.3. The molecule has 2 amide bonds. The number of ether oxygens (including phenoxy) is 2. The molecule has 3 aromatic rings. The van der Waals surface area contributed by atoms with Gasteiger partial charge in [-0.05, 0) is 55.3 Å². The fraction of sp³-hybridized carbons (Fsp3) is 0.222. The first-order valence-corrected chi connectivity index (χ1v) is 11.0. The van der Waals surface area contributed by atoms with Gasteiger partial charge in [-0.25, -0.2) is 4.79 Å². The zero-order valence-electron chi connectivity index (χ0n) is 19.3. The van der Waals surface area contributed by atoms with Crippen molar-refractivity contribution in [2.75, 3.05) is 18.5 Å². The van der Waals surface area contributed by atoms with Gasteiger partial charge in [-0.15, -0.1) is 0 Å². The highest BCUT2D eigenvalue weighted by Gasteiger charge is 2.14. The van der Waals surface area contributed by atoms with E-state index < -0.39 is 12.1 Å². The van der Waals surface area contributed by atoms with Crippen molar-refractivity contribution in [3.63, 3.8) is 0 Å². The van der Waals surface area contributed by atoms with E-state index in [-0.39, 0.29) is 18.9 Å². The molecule has 0 heterocycles. The number of aryl methyl sites for hydroxylation is 1. The standard InChI is InChI=1S/C27H28N2O5/c1-20-10-12-22(13-11-20)26(31)29(2)23-14-16-24(17-15-23)34-25(30)9-6-18-28-27(32)33-19-21-7-4-3-5-8-21/h3-5,7-8,10-17H,6,9,18-19H2,1-2H3,(H,28,32). The Morgan fingerprint density at radius 2 is 1.56 bits per heavy atom. The maximum Gasteiger partial charge on any atom is 0.407 e. The van der Waals surface area contributed by atoms with Gasteiger partial charge in [0, 0.05) is 31.3 Å². The first-order chi connectivity index (χ1) is 16.4. The summed E-state index contributed by atoms with van der Waals surface area (Å²) in [5.74, 6) is -0.143. The van der Waals surface area contributed by atoms with Crippen molar-refractivity contribution >= 4 is 23.7 Å². The molecule has 3 rings (SSSR count). The van der Waals surface area contributed by atoms with E-state index in [4.69, 9.17) is 9.47 Å². The lowest BCUT2D eigenvalue weighted by atomic mass is 10.1. The smallest absolute Gasteiger partial charge is 0.407 e. The number of amides is 2. The number of hydrogen-bond donors (Lipinski definition) is 1. The average molecular weight is 461 g/mol. The molecule has 0 unspecified atom stereocenters. The molecular weight excluding hydrogens is 432 g/mol. The molecule has 0 saturated heterocycles. The second-order valence-electron chi connectivity index (χ2n) is 7.79. The SMILES string of the molecule is Cc1ccc(C(=O)N(C)c2ccc(OC(=O)CCCNC(=O)OCc3ccccc3)cc2)cc1. The van der Waals surface area contributed by atoms with Gasteiger partial charge >= 0.3 is 12.1 Å². The normalized spacial score (nSPS) is 10.3. The Morgan fingerprint density at radius 3 is 2.24 bits per heavy atom. The van der Waals surface area contributed by atoms with Gasteiger partial charge in [-0.1, -0.05) is 48.0 Å². The van der Waals surface area contributed by atoms with Crippen LogP contribution >= 0.6 is 0 Å². The lowest BCUT2D eigenvalue weighted by Crippen LogP contribution is -2.26. The fourth-order valence-corrected chi connectivity index (χ4v) is 3.12. The molecule has 7 nitrogen and oxygen atoms in total. The lowest BCUT2D eigenvalue weighted by Gasteiger charge is -2.18. The average Bonchev–Trinajstić information content (AvgIpc) is 2.86. The van der Waals surface area contributed by atoms with E-state index in [1.165, 1.54) is 0 Å². The van der Waals surface area contributed by atoms with Gasteiger partial charge in [0.15, 0.2) is 0 Å². The summed E-state index contributed by atoms with van der Waals surface area (Å²) in [4.78, 5) is 38.0. The summed E-state index contributed by atoms with van der Waals surface area (Å²) in [5, 5.41) is 2.61. The number of rotatable bonds is 9. The Kier molecular flexibility index (Phi) is 8.80. The number of nitrogens with one attached hydrogen (secondary N) is 1. The number of nitrogens with zero attached hydrogens (tertiary/aromatic N) is 1. The zero-order chi connectivity index (χ0) is 24.3. The first kappa shape index (κ1) is 24.5. The maximum atomic E-state index is 12.6. The first-order valence-electron chi connectivity index (χ1n) is 11.0. The van der Waals surface area contributed by atoms with Gasteiger partial charge in [0.05, 0.1) is 0 Å². The number of hydrogen-bond acceptors (Lipinski definition) is 5. The quantitative estimate of drug-likeness (QED) is 0.279. The number of carbonyl (C=O) groups excluding carboxylic acids is 3. The van der Waals surface area contributed by atoms with Gasteiger partial charge in [-0.3, -0.25) is 9.59 Å². The molecule has 0 saturated carbocycles. The summed E-state index contributed by atoms with van der Waals surface area (Å²) in [5.41, 5.74) is 3.27. The largest absolute Gasteiger partial charge is 0.445 e. The predicted octanol–water partition coefficient (Wildman–Crippen LogP) is 4.88. The third kappa shape index (κ3) is 7.48. The third-order valence-electron chi connectivity index (χ3n) is 5.10. The lowest BCUT2D eigenvalue weighted by molar-refractivity contribution is -0.134. The maximum absolute atomic E-state index is 12.6. The van der Waals surface area contributed by atoms with Crippen molar-refractivity contribution in [2.24, 2.45) is 0 Å². The predicted molar refractivity (Wildman–Crippen MR) is 130 cm³/mol. The van der Waals surface area contributed by atoms with E-state index >= 15 is 0 Å². The van der Waals surface area contributed by atoms with Crippen LogP contribution in [0.2, 0.25) is 0 Å². The second-order valence-corrected chi connectivity index (χ2v) is 7.79. The molecule has 176 valence electrons. The van der Waals surface area contributed by atoms with E-state index in [9.17, 15) is 14.4 Å². The van der Waals surface area contributed by atoms with Crippen LogP contribution in [0.15, 0.2) is 78.9 Å². The molecule has 0 aliphatic rings. The molecule has 3 aromatic carbocycles. The fourth-order valence-electron chi connectivity index (χ4n) is 3.12. The molecule has 1 N–H and O–H groups in total. The van der Waals surface area contributed by atoms with Crippen molar-refractivity contribution in [2.45, 2.75) is 26.4 Å². The highest BCUT2D eigenvalue weighted by molar-refractivity contribution is 6.05. The molecule has 0 bridgehead atoms. The van der Waals surface area contributed by atoms with Crippen LogP contribution in [0.5, 0.6) is 5.75 Å². The minimum absolute atomic E-state index is 0.125. The summed E-state index contributed by atoms with van der Waals surface area (Å²) in [6.45, 7) is 2.46. The number of esters is 1. The Bertz CT molecular complexity index is 1100. The monoisotopic (exact) mass is 460 g/mol. The summed E-state index contributed by atoms with van der Waals surface area (Å²) in [6, 6.07) is 23.5. The van der Waals surface area contributed by atoms with Crippen LogP contribution in [0.4, 0.5) is 10.5 Å². The summed E-state index contributed by atoms with van der Waals surface area (Å²) < 4.78 is 10.5. The third-order valence-corrected chi connectivity index (χ3v) is 5.10. The van der Waals surface area contributed by atoms with Crippen molar-refractivity contribution < 1.29 is 23.9 Å². The molecule has 0 fully saturated rings. The van der Waals surface area contributed by atoms with Crippen LogP contribution in [0.1, 0.15) is 34.3 Å². The van der Waals surface area contributed by atoms with Crippen LogP contribution in [-0.4, -0.2) is 31.6 Å². The van der Waals surface area contributed by atoms with E-state index in [2.05, 4.69) is 5.32 Å². The number of benzene rings is 3. The minimum atomic E-state index is -0.530. The molecular formula is C27H28N2O5. The second kappa shape index (κ2) is 12.2. The number of anilines is 1. The molecule has 0 radical (unpaired) electrons. The molecule has 7 heteroatoms. The van der Waals surface area contributed by atoms with Crippen molar-refractivity contribution in [1.82, 2.24) is 5.32 Å². The molecule has 0 aliphatic carbocycles. The Labute approximate surface area is 199 Å². The van der Waals surface area contributed by atoms with Crippen LogP contribution in [0.25, 0.3) is 0 Å². The summed E-state index contributed by atoms with van der Waals surface area (Å²) in [7, 11) is 1.70. The molecule has 0 aromatic heterocycles. The van der Waals surface area contributed by atoms with E-state index in [0.29, 0.717) is 30.0 Å². The highest BCUT2D eigenvalue weighted by Crippen LogP contribution is 2.21.